The second kappa shape index (κ2) is 6.01. The molecule has 0 unspecified atom stereocenters. The van der Waals surface area contributed by atoms with Gasteiger partial charge in [-0.05, 0) is 54.5 Å². The van der Waals surface area contributed by atoms with Gasteiger partial charge < -0.3 is 14.4 Å². The van der Waals surface area contributed by atoms with Gasteiger partial charge in [0.25, 0.3) is 11.5 Å². The van der Waals surface area contributed by atoms with Crippen LogP contribution < -0.4 is 10.7 Å². The molecule has 0 saturated carbocycles. The van der Waals surface area contributed by atoms with E-state index in [1.807, 2.05) is 0 Å². The largest absolute Gasteiger partial charge is 0.838 e. The van der Waals surface area contributed by atoms with Crippen molar-refractivity contribution in [3.63, 3.8) is 0 Å². The van der Waals surface area contributed by atoms with E-state index in [1.165, 1.54) is 6.07 Å². The number of halogens is 1. The molecule has 7 heteroatoms. The summed E-state index contributed by atoms with van der Waals surface area (Å²) in [5, 5.41) is 14.3. The molecular weight excluding hydrogens is 399 g/mol. The van der Waals surface area contributed by atoms with E-state index in [4.69, 9.17) is 9.72 Å². The molecule has 6 rings (SSSR count). The summed E-state index contributed by atoms with van der Waals surface area (Å²) in [6, 6.07) is 3.10. The number of aromatic nitrogens is 2. The quantitative estimate of drug-likeness (QED) is 0.443. The predicted molar refractivity (Wildman–Crippen MR) is 109 cm³/mol. The number of esters is 1. The van der Waals surface area contributed by atoms with E-state index in [2.05, 4.69) is 0 Å². The lowest BCUT2D eigenvalue weighted by atomic mass is 9.84. The van der Waals surface area contributed by atoms with Gasteiger partial charge in [0.15, 0.2) is 0 Å². The molecule has 0 bridgehead atoms. The van der Waals surface area contributed by atoms with Gasteiger partial charge in [-0.25, -0.2) is 9.37 Å². The summed E-state index contributed by atoms with van der Waals surface area (Å²) in [5.41, 5.74) is 3.44. The molecule has 0 N–H and O–H groups in total. The lowest BCUT2D eigenvalue weighted by Gasteiger charge is -2.41. The molecule has 2 aromatic heterocycles. The molecule has 1 aliphatic carbocycles. The number of benzene rings is 1. The molecular formula is C24H20FN2O4-. The van der Waals surface area contributed by atoms with Gasteiger partial charge in [-0.2, -0.15) is 0 Å². The van der Waals surface area contributed by atoms with Crippen LogP contribution in [0.5, 0.6) is 0 Å². The number of hydrogen-bond acceptors (Lipinski definition) is 5. The highest BCUT2D eigenvalue weighted by molar-refractivity contribution is 5.92. The third kappa shape index (κ3) is 2.22. The van der Waals surface area contributed by atoms with Crippen LogP contribution in [0.3, 0.4) is 0 Å². The van der Waals surface area contributed by atoms with Crippen LogP contribution in [0.2, 0.25) is 0 Å². The van der Waals surface area contributed by atoms with Crippen molar-refractivity contribution in [1.82, 2.24) is 9.55 Å². The standard InChI is InChI=1S/C24H20FN2O4/c1-3-24(30)16-7-19-21-14(9-27(19)22(28)15(16)10-31-23(24)29)13-6-4-5-12-11(2)17(25)8-18(26-21)20(12)13/h7-8H,3-6,9-10H2,1-2H3/q-1/t24-/m0/s1. The van der Waals surface area contributed by atoms with Crippen molar-refractivity contribution in [2.75, 3.05) is 0 Å². The first-order valence-electron chi connectivity index (χ1n) is 10.6. The Bertz CT molecular complexity index is 1410. The van der Waals surface area contributed by atoms with E-state index in [1.54, 1.807) is 24.5 Å². The first-order chi connectivity index (χ1) is 14.8. The van der Waals surface area contributed by atoms with Gasteiger partial charge in [0.1, 0.15) is 12.4 Å². The van der Waals surface area contributed by atoms with E-state index in [0.29, 0.717) is 29.0 Å². The van der Waals surface area contributed by atoms with Crippen molar-refractivity contribution in [3.8, 4) is 11.4 Å². The number of carbonyl (C=O) groups is 1. The maximum atomic E-state index is 14.6. The van der Waals surface area contributed by atoms with Crippen LogP contribution in [-0.2, 0) is 41.1 Å². The second-order valence-corrected chi connectivity index (χ2v) is 8.70. The number of aryl methyl sites for hydroxylation is 2. The van der Waals surface area contributed by atoms with Gasteiger partial charge in [0.05, 0.1) is 29.0 Å². The van der Waals surface area contributed by atoms with Crippen LogP contribution in [0.25, 0.3) is 22.3 Å². The molecule has 158 valence electrons. The number of carbonyl (C=O) groups excluding carboxylic acids is 1. The number of rotatable bonds is 1. The number of fused-ring (bicyclic) bond motifs is 5. The monoisotopic (exact) mass is 419 g/mol. The van der Waals surface area contributed by atoms with Crippen LogP contribution in [-0.4, -0.2) is 15.5 Å². The maximum Gasteiger partial charge on any atom is 0.300 e. The second-order valence-electron chi connectivity index (χ2n) is 8.70. The summed E-state index contributed by atoms with van der Waals surface area (Å²) in [5.74, 6) is -1.13. The third-order valence-electron chi connectivity index (χ3n) is 7.24. The van der Waals surface area contributed by atoms with Crippen LogP contribution in [0.4, 0.5) is 4.39 Å². The van der Waals surface area contributed by atoms with E-state index < -0.39 is 11.6 Å². The number of hydrogen-bond donors (Lipinski definition) is 0. The molecule has 6 nitrogen and oxygen atoms in total. The fraction of sp³-hybridized carbons (Fsp3) is 0.375. The summed E-state index contributed by atoms with van der Waals surface area (Å²) >= 11 is 0. The summed E-state index contributed by atoms with van der Waals surface area (Å²) in [6.45, 7) is 3.58. The minimum Gasteiger partial charge on any atom is -0.838 e. The van der Waals surface area contributed by atoms with Crippen molar-refractivity contribution in [2.24, 2.45) is 0 Å². The summed E-state index contributed by atoms with van der Waals surface area (Å²) < 4.78 is 21.3. The van der Waals surface area contributed by atoms with Crippen molar-refractivity contribution in [2.45, 2.75) is 58.3 Å². The number of cyclic esters (lactones) is 1. The van der Waals surface area contributed by atoms with E-state index in [9.17, 15) is 19.1 Å². The van der Waals surface area contributed by atoms with E-state index in [-0.39, 0.29) is 35.5 Å². The van der Waals surface area contributed by atoms with E-state index in [0.717, 1.165) is 41.3 Å². The molecule has 0 fully saturated rings. The van der Waals surface area contributed by atoms with Crippen molar-refractivity contribution < 1.29 is 19.0 Å². The van der Waals surface area contributed by atoms with Gasteiger partial charge >= 0.3 is 0 Å². The Labute approximate surface area is 177 Å². The smallest absolute Gasteiger partial charge is 0.300 e. The highest BCUT2D eigenvalue weighted by Gasteiger charge is 2.39. The Hall–Kier alpha value is -3.06. The topological polar surface area (TPSA) is 84.2 Å². The molecule has 3 aliphatic rings. The maximum absolute atomic E-state index is 14.6. The van der Waals surface area contributed by atoms with Gasteiger partial charge in [0.2, 0.25) is 0 Å². The highest BCUT2D eigenvalue weighted by atomic mass is 19.1. The van der Waals surface area contributed by atoms with Crippen LogP contribution >= 0.6 is 0 Å². The Kier molecular flexibility index (Phi) is 3.62. The molecule has 1 aromatic carbocycles. The molecule has 0 saturated heterocycles. The zero-order valence-corrected chi connectivity index (χ0v) is 17.3. The summed E-state index contributed by atoms with van der Waals surface area (Å²) in [6.07, 6.45) is 2.54. The molecule has 1 atom stereocenters. The van der Waals surface area contributed by atoms with Crippen molar-refractivity contribution in [1.29, 1.82) is 0 Å². The normalized spacial score (nSPS) is 21.0. The van der Waals surface area contributed by atoms with Crippen LogP contribution in [0.1, 0.15) is 53.1 Å². The van der Waals surface area contributed by atoms with Crippen molar-refractivity contribution >= 4 is 16.9 Å². The van der Waals surface area contributed by atoms with Gasteiger partial charge in [-0.1, -0.05) is 13.3 Å². The number of nitrogens with zero attached hydrogens (tertiary/aromatic N) is 2. The number of ether oxygens (including phenoxy) is 1. The Morgan fingerprint density at radius 2 is 1.97 bits per heavy atom. The van der Waals surface area contributed by atoms with Crippen LogP contribution in [0, 0.1) is 12.7 Å². The Balaban J connectivity index is 1.68. The van der Waals surface area contributed by atoms with E-state index >= 15 is 0 Å². The fourth-order valence-electron chi connectivity index (χ4n) is 5.51. The molecule has 2 aliphatic heterocycles. The average molecular weight is 419 g/mol. The lowest BCUT2D eigenvalue weighted by Crippen LogP contribution is -2.53. The average Bonchev–Trinajstić information content (AvgIpc) is 3.14. The molecule has 31 heavy (non-hydrogen) atoms. The number of pyridine rings is 2. The summed E-state index contributed by atoms with van der Waals surface area (Å²) in [4.78, 5) is 30.3. The summed E-state index contributed by atoms with van der Waals surface area (Å²) in [7, 11) is 0. The molecule has 4 heterocycles. The van der Waals surface area contributed by atoms with Crippen LogP contribution in [0.15, 0.2) is 16.9 Å². The zero-order valence-electron chi connectivity index (χ0n) is 17.3. The van der Waals surface area contributed by atoms with Gasteiger partial charge in [0, 0.05) is 22.6 Å². The minimum atomic E-state index is -2.10. The van der Waals surface area contributed by atoms with Gasteiger partial charge in [-0.15, -0.1) is 0 Å². The SMILES string of the molecule is CC[C@@]1([O-])C(=O)OCc2c1cc1n(c2=O)Cc2c-1nc1cc(F)c(C)c3c1c2CCC3. The predicted octanol–water partition coefficient (Wildman–Crippen LogP) is 2.38. The first kappa shape index (κ1) is 18.7. The lowest BCUT2D eigenvalue weighted by molar-refractivity contribution is -0.475. The first-order valence-corrected chi connectivity index (χ1v) is 10.6. The zero-order chi connectivity index (χ0) is 21.7. The molecule has 0 radical (unpaired) electrons. The van der Waals surface area contributed by atoms with Crippen molar-refractivity contribution in [3.05, 3.63) is 61.7 Å². The Morgan fingerprint density at radius 1 is 1.19 bits per heavy atom. The fourth-order valence-corrected chi connectivity index (χ4v) is 5.51. The minimum absolute atomic E-state index is 0.0150. The Morgan fingerprint density at radius 3 is 2.74 bits per heavy atom. The third-order valence-corrected chi connectivity index (χ3v) is 7.24. The molecule has 0 amide bonds. The molecule has 3 aromatic rings. The molecule has 0 spiro atoms. The van der Waals surface area contributed by atoms with Gasteiger partial charge in [-0.3, -0.25) is 9.59 Å². The highest BCUT2D eigenvalue weighted by Crippen LogP contribution is 2.42.